The number of carbonyl (C=O) groups is 1. The average Bonchev–Trinajstić information content (AvgIpc) is 2.95. The fraction of sp³-hybridized carbons (Fsp3) is 0.424. The molecule has 4 heteroatoms. The van der Waals surface area contributed by atoms with Crippen LogP contribution in [0.15, 0.2) is 66.7 Å². The summed E-state index contributed by atoms with van der Waals surface area (Å²) in [7, 11) is 5.79. The molecule has 1 fully saturated rings. The third-order valence-corrected chi connectivity index (χ3v) is 8.31. The topological polar surface area (TPSA) is 32.8 Å². The lowest BCUT2D eigenvalue weighted by molar-refractivity contribution is -0.120. The Labute approximate surface area is 222 Å². The molecule has 194 valence electrons. The highest BCUT2D eigenvalue weighted by atomic mass is 16.5. The van der Waals surface area contributed by atoms with Crippen molar-refractivity contribution in [2.45, 2.75) is 69.7 Å². The van der Waals surface area contributed by atoms with E-state index in [-0.39, 0.29) is 11.8 Å². The standard InChI is InChI=1S/C33H40N2O2/c1-34(2)28-17-12-24(13-18-28)23-35(29-19-14-26(15-20-29)25-8-5-4-6-9-25)33(36)31-11-7-10-27-16-21-30(37-3)22-32(27)31/h12-22,25,31H,4-11,23H2,1-3H3. The van der Waals surface area contributed by atoms with Crippen molar-refractivity contribution in [3.8, 4) is 5.75 Å². The van der Waals surface area contributed by atoms with Gasteiger partial charge in [-0.05, 0) is 96.7 Å². The van der Waals surface area contributed by atoms with Crippen LogP contribution >= 0.6 is 0 Å². The van der Waals surface area contributed by atoms with Crippen molar-refractivity contribution in [3.63, 3.8) is 0 Å². The Balaban J connectivity index is 1.47. The fourth-order valence-electron chi connectivity index (χ4n) is 6.09. The monoisotopic (exact) mass is 496 g/mol. The summed E-state index contributed by atoms with van der Waals surface area (Å²) in [6, 6.07) is 23.6. The molecule has 2 aliphatic carbocycles. The molecule has 3 aromatic carbocycles. The zero-order valence-corrected chi connectivity index (χ0v) is 22.6. The first-order valence-electron chi connectivity index (χ1n) is 13.9. The van der Waals surface area contributed by atoms with Gasteiger partial charge in [-0.15, -0.1) is 0 Å². The number of rotatable bonds is 7. The van der Waals surface area contributed by atoms with E-state index in [1.54, 1.807) is 7.11 Å². The number of benzene rings is 3. The lowest BCUT2D eigenvalue weighted by atomic mass is 9.81. The minimum Gasteiger partial charge on any atom is -0.497 e. The van der Waals surface area contributed by atoms with E-state index in [1.807, 2.05) is 25.1 Å². The van der Waals surface area contributed by atoms with Crippen LogP contribution in [0, 0.1) is 0 Å². The molecule has 37 heavy (non-hydrogen) atoms. The SMILES string of the molecule is COc1ccc2c(c1)C(C(=O)N(Cc1ccc(N(C)C)cc1)c1ccc(C3CCCCC3)cc1)CCC2. The van der Waals surface area contributed by atoms with Gasteiger partial charge in [-0.2, -0.15) is 0 Å². The van der Waals surface area contributed by atoms with E-state index in [4.69, 9.17) is 4.74 Å². The first-order chi connectivity index (χ1) is 18.0. The van der Waals surface area contributed by atoms with Crippen molar-refractivity contribution in [1.29, 1.82) is 0 Å². The van der Waals surface area contributed by atoms with E-state index in [0.717, 1.165) is 47.5 Å². The van der Waals surface area contributed by atoms with Crippen LogP contribution in [0.1, 0.15) is 79.0 Å². The summed E-state index contributed by atoms with van der Waals surface area (Å²) in [5, 5.41) is 0. The Kier molecular flexibility index (Phi) is 7.83. The van der Waals surface area contributed by atoms with Gasteiger partial charge in [0, 0.05) is 25.5 Å². The largest absolute Gasteiger partial charge is 0.497 e. The van der Waals surface area contributed by atoms with E-state index in [9.17, 15) is 4.79 Å². The highest BCUT2D eigenvalue weighted by Gasteiger charge is 2.31. The Morgan fingerprint density at radius 3 is 2.22 bits per heavy atom. The second-order valence-electron chi connectivity index (χ2n) is 10.9. The van der Waals surface area contributed by atoms with Gasteiger partial charge in [0.05, 0.1) is 19.6 Å². The maximum absolute atomic E-state index is 14.3. The van der Waals surface area contributed by atoms with Crippen LogP contribution in [0.4, 0.5) is 11.4 Å². The minimum absolute atomic E-state index is 0.155. The van der Waals surface area contributed by atoms with E-state index in [0.29, 0.717) is 12.5 Å². The molecule has 3 aromatic rings. The normalized spacial score (nSPS) is 17.6. The van der Waals surface area contributed by atoms with Gasteiger partial charge in [0.2, 0.25) is 5.91 Å². The molecule has 1 saturated carbocycles. The van der Waals surface area contributed by atoms with E-state index in [2.05, 4.69) is 65.6 Å². The molecule has 0 spiro atoms. The van der Waals surface area contributed by atoms with Gasteiger partial charge in [-0.25, -0.2) is 0 Å². The summed E-state index contributed by atoms with van der Waals surface area (Å²) >= 11 is 0. The molecule has 4 nitrogen and oxygen atoms in total. The van der Waals surface area contributed by atoms with Crippen LogP contribution in [-0.2, 0) is 17.8 Å². The Bertz CT molecular complexity index is 1190. The molecule has 0 N–H and O–H groups in total. The maximum Gasteiger partial charge on any atom is 0.234 e. The van der Waals surface area contributed by atoms with Crippen LogP contribution in [0.3, 0.4) is 0 Å². The highest BCUT2D eigenvalue weighted by Crippen LogP contribution is 2.38. The third-order valence-electron chi connectivity index (χ3n) is 8.31. The summed E-state index contributed by atoms with van der Waals surface area (Å²) in [5.41, 5.74) is 7.09. The van der Waals surface area contributed by atoms with Crippen molar-refractivity contribution in [3.05, 3.63) is 89.0 Å². The van der Waals surface area contributed by atoms with Crippen LogP contribution in [0.25, 0.3) is 0 Å². The molecule has 0 saturated heterocycles. The first kappa shape index (κ1) is 25.4. The summed E-state index contributed by atoms with van der Waals surface area (Å²) in [5.74, 6) is 1.50. The number of methoxy groups -OCH3 is 1. The van der Waals surface area contributed by atoms with Gasteiger partial charge in [-0.1, -0.05) is 49.6 Å². The van der Waals surface area contributed by atoms with Gasteiger partial charge in [0.15, 0.2) is 0 Å². The predicted molar refractivity (Wildman–Crippen MR) is 153 cm³/mol. The maximum atomic E-state index is 14.3. The van der Waals surface area contributed by atoms with Gasteiger partial charge in [0.25, 0.3) is 0 Å². The zero-order valence-electron chi connectivity index (χ0n) is 22.6. The van der Waals surface area contributed by atoms with Crippen LogP contribution in [-0.4, -0.2) is 27.1 Å². The smallest absolute Gasteiger partial charge is 0.234 e. The first-order valence-corrected chi connectivity index (χ1v) is 13.9. The molecule has 1 amide bonds. The second-order valence-corrected chi connectivity index (χ2v) is 10.9. The molecule has 1 unspecified atom stereocenters. The van der Waals surface area contributed by atoms with Gasteiger partial charge in [0.1, 0.15) is 5.75 Å². The van der Waals surface area contributed by atoms with Gasteiger partial charge >= 0.3 is 0 Å². The van der Waals surface area contributed by atoms with Crippen molar-refractivity contribution in [2.75, 3.05) is 31.0 Å². The molecule has 0 radical (unpaired) electrons. The van der Waals surface area contributed by atoms with Crippen LogP contribution in [0.5, 0.6) is 5.75 Å². The molecule has 1 atom stereocenters. The summed E-state index contributed by atoms with van der Waals surface area (Å²) in [6.07, 6.45) is 9.48. The number of nitrogens with zero attached hydrogens (tertiary/aromatic N) is 2. The number of anilines is 2. The Morgan fingerprint density at radius 2 is 1.54 bits per heavy atom. The average molecular weight is 497 g/mol. The van der Waals surface area contributed by atoms with Crippen molar-refractivity contribution in [2.24, 2.45) is 0 Å². The van der Waals surface area contributed by atoms with E-state index in [1.165, 1.54) is 43.2 Å². The van der Waals surface area contributed by atoms with Crippen molar-refractivity contribution in [1.82, 2.24) is 0 Å². The molecule has 0 aliphatic heterocycles. The highest BCUT2D eigenvalue weighted by molar-refractivity contribution is 5.98. The summed E-state index contributed by atoms with van der Waals surface area (Å²) in [4.78, 5) is 18.4. The van der Waals surface area contributed by atoms with Crippen molar-refractivity contribution < 1.29 is 9.53 Å². The van der Waals surface area contributed by atoms with Gasteiger partial charge < -0.3 is 14.5 Å². The lowest BCUT2D eigenvalue weighted by Gasteiger charge is -2.32. The molecular weight excluding hydrogens is 456 g/mol. The summed E-state index contributed by atoms with van der Waals surface area (Å²) in [6.45, 7) is 0.561. The Morgan fingerprint density at radius 1 is 0.838 bits per heavy atom. The number of amides is 1. The molecule has 0 heterocycles. The number of aryl methyl sites for hydroxylation is 1. The quantitative estimate of drug-likeness (QED) is 0.340. The number of carbonyl (C=O) groups excluding carboxylic acids is 1. The minimum atomic E-state index is -0.155. The fourth-order valence-corrected chi connectivity index (χ4v) is 6.09. The lowest BCUT2D eigenvalue weighted by Crippen LogP contribution is -2.36. The van der Waals surface area contributed by atoms with Crippen LogP contribution in [0.2, 0.25) is 0 Å². The van der Waals surface area contributed by atoms with Crippen molar-refractivity contribution >= 4 is 17.3 Å². The van der Waals surface area contributed by atoms with Gasteiger partial charge in [-0.3, -0.25) is 4.79 Å². The second kappa shape index (κ2) is 11.4. The van der Waals surface area contributed by atoms with Crippen LogP contribution < -0.4 is 14.5 Å². The molecule has 0 aromatic heterocycles. The third kappa shape index (κ3) is 5.69. The number of hydrogen-bond donors (Lipinski definition) is 0. The molecule has 2 aliphatic rings. The van der Waals surface area contributed by atoms with E-state index < -0.39 is 0 Å². The number of fused-ring (bicyclic) bond motifs is 1. The predicted octanol–water partition coefficient (Wildman–Crippen LogP) is 7.46. The molecule has 0 bridgehead atoms. The molecular formula is C33H40N2O2. The number of ether oxygens (including phenoxy) is 1. The number of hydrogen-bond acceptors (Lipinski definition) is 3. The molecule has 5 rings (SSSR count). The van der Waals surface area contributed by atoms with E-state index >= 15 is 0 Å². The Hall–Kier alpha value is -3.27. The summed E-state index contributed by atoms with van der Waals surface area (Å²) < 4.78 is 5.52. The zero-order chi connectivity index (χ0) is 25.8.